The van der Waals surface area contributed by atoms with Gasteiger partial charge in [0.2, 0.25) is 0 Å². The summed E-state index contributed by atoms with van der Waals surface area (Å²) in [5.74, 6) is 0.0931. The predicted molar refractivity (Wildman–Crippen MR) is 135 cm³/mol. The maximum atomic E-state index is 13.4. The summed E-state index contributed by atoms with van der Waals surface area (Å²) < 4.78 is 26.9. The van der Waals surface area contributed by atoms with Gasteiger partial charge in [-0.2, -0.15) is 0 Å². The number of Topliss-reactive ketones (excluding diaryl/α,β-unsaturated/α-hetero) is 1. The minimum atomic E-state index is -0.825. The summed E-state index contributed by atoms with van der Waals surface area (Å²) in [5.41, 5.74) is 0.932. The largest absolute Gasteiger partial charge is 0.507 e. The van der Waals surface area contributed by atoms with Crippen LogP contribution in [0.1, 0.15) is 17.2 Å². The lowest BCUT2D eigenvalue weighted by atomic mass is 9.94. The third-order valence-corrected chi connectivity index (χ3v) is 6.68. The van der Waals surface area contributed by atoms with E-state index in [9.17, 15) is 14.7 Å². The normalized spacial score (nSPS) is 19.7. The van der Waals surface area contributed by atoms with E-state index in [1.165, 1.54) is 33.3 Å². The van der Waals surface area contributed by atoms with E-state index in [0.29, 0.717) is 60.4 Å². The number of carbonyl (C=O) groups excluding carboxylic acids is 2. The second kappa shape index (κ2) is 11.5. The van der Waals surface area contributed by atoms with Gasteiger partial charge >= 0.3 is 0 Å². The lowest BCUT2D eigenvalue weighted by molar-refractivity contribution is -0.140. The molecular weight excluding hydrogens is 480 g/mol. The summed E-state index contributed by atoms with van der Waals surface area (Å²) in [6.45, 7) is 3.60. The Morgan fingerprint density at radius 3 is 2.08 bits per heavy atom. The summed E-state index contributed by atoms with van der Waals surface area (Å²) in [5, 5.41) is 11.4. The molecule has 0 radical (unpaired) electrons. The molecule has 1 atom stereocenters. The van der Waals surface area contributed by atoms with Crippen molar-refractivity contribution in [3.63, 3.8) is 0 Å². The molecule has 4 rings (SSSR count). The molecular formula is C27H32N2O8. The number of methoxy groups -OCH3 is 4. The Kier molecular flexibility index (Phi) is 8.20. The van der Waals surface area contributed by atoms with Gasteiger partial charge in [0, 0.05) is 31.7 Å². The van der Waals surface area contributed by atoms with Crippen LogP contribution in [-0.2, 0) is 14.3 Å². The van der Waals surface area contributed by atoms with Crippen LogP contribution in [0.3, 0.4) is 0 Å². The molecule has 1 amide bonds. The van der Waals surface area contributed by atoms with Crippen LogP contribution in [0.2, 0.25) is 0 Å². The van der Waals surface area contributed by atoms with E-state index < -0.39 is 17.7 Å². The highest BCUT2D eigenvalue weighted by atomic mass is 16.5. The number of nitrogens with zero attached hydrogens (tertiary/aromatic N) is 2. The lowest BCUT2D eigenvalue weighted by Gasteiger charge is -2.31. The number of morpholine rings is 1. The van der Waals surface area contributed by atoms with Crippen molar-refractivity contribution < 1.29 is 38.4 Å². The fourth-order valence-corrected chi connectivity index (χ4v) is 4.69. The number of hydrogen-bond acceptors (Lipinski definition) is 9. The van der Waals surface area contributed by atoms with E-state index in [2.05, 4.69) is 4.90 Å². The van der Waals surface area contributed by atoms with Crippen molar-refractivity contribution in [2.75, 3.05) is 67.8 Å². The summed E-state index contributed by atoms with van der Waals surface area (Å²) in [6.07, 6.45) is 0. The molecule has 198 valence electrons. The number of aliphatic hydroxyl groups is 1. The second-order valence-electron chi connectivity index (χ2n) is 8.63. The van der Waals surface area contributed by atoms with E-state index in [-0.39, 0.29) is 11.3 Å². The third-order valence-electron chi connectivity index (χ3n) is 6.68. The fourth-order valence-electron chi connectivity index (χ4n) is 4.69. The monoisotopic (exact) mass is 512 g/mol. The van der Waals surface area contributed by atoms with Crippen molar-refractivity contribution in [2.24, 2.45) is 0 Å². The van der Waals surface area contributed by atoms with Crippen molar-refractivity contribution in [3.8, 4) is 23.0 Å². The topological polar surface area (TPSA) is 107 Å². The Labute approximate surface area is 215 Å². The number of benzene rings is 2. The summed E-state index contributed by atoms with van der Waals surface area (Å²) in [6, 6.07) is 9.19. The van der Waals surface area contributed by atoms with Gasteiger partial charge in [0.05, 0.1) is 53.3 Å². The van der Waals surface area contributed by atoms with Crippen LogP contribution in [0, 0.1) is 0 Å². The molecule has 0 aliphatic carbocycles. The smallest absolute Gasteiger partial charge is 0.295 e. The minimum Gasteiger partial charge on any atom is -0.507 e. The highest BCUT2D eigenvalue weighted by Gasteiger charge is 2.46. The molecule has 2 aromatic rings. The number of ether oxygens (including phenoxy) is 5. The summed E-state index contributed by atoms with van der Waals surface area (Å²) >= 11 is 0. The molecule has 2 aliphatic rings. The zero-order chi connectivity index (χ0) is 26.5. The quantitative estimate of drug-likeness (QED) is 0.308. The molecule has 2 aromatic carbocycles. The molecule has 0 unspecified atom stereocenters. The van der Waals surface area contributed by atoms with Crippen LogP contribution in [0.4, 0.5) is 0 Å². The van der Waals surface area contributed by atoms with E-state index in [1.54, 1.807) is 36.4 Å². The highest BCUT2D eigenvalue weighted by Crippen LogP contribution is 2.42. The van der Waals surface area contributed by atoms with Gasteiger partial charge in [-0.1, -0.05) is 6.07 Å². The first-order valence-corrected chi connectivity index (χ1v) is 12.0. The summed E-state index contributed by atoms with van der Waals surface area (Å²) in [7, 11) is 6.04. The molecule has 0 saturated carbocycles. The molecule has 0 aromatic heterocycles. The zero-order valence-corrected chi connectivity index (χ0v) is 21.5. The van der Waals surface area contributed by atoms with Crippen molar-refractivity contribution >= 4 is 17.4 Å². The Balaban J connectivity index is 1.80. The van der Waals surface area contributed by atoms with Crippen molar-refractivity contribution in [3.05, 3.63) is 53.1 Å². The number of ketones is 1. The number of carbonyl (C=O) groups is 2. The predicted octanol–water partition coefficient (Wildman–Crippen LogP) is 2.47. The average molecular weight is 513 g/mol. The van der Waals surface area contributed by atoms with Crippen molar-refractivity contribution in [2.45, 2.75) is 6.04 Å². The SMILES string of the molecule is COc1ccc(/C(O)=C2\C(=O)C(=O)N(CCN3CCOCC3)[C@@H]2c2ccc(OC)c(OC)c2)cc1OC. The molecule has 2 saturated heterocycles. The molecule has 0 spiro atoms. The molecule has 2 aliphatic heterocycles. The Morgan fingerprint density at radius 2 is 1.46 bits per heavy atom. The van der Waals surface area contributed by atoms with Gasteiger partial charge in [-0.05, 0) is 35.9 Å². The van der Waals surface area contributed by atoms with E-state index in [1.807, 2.05) is 0 Å². The molecule has 2 fully saturated rings. The van der Waals surface area contributed by atoms with Crippen LogP contribution in [0.25, 0.3) is 5.76 Å². The van der Waals surface area contributed by atoms with E-state index in [4.69, 9.17) is 23.7 Å². The van der Waals surface area contributed by atoms with Crippen molar-refractivity contribution in [1.29, 1.82) is 0 Å². The molecule has 0 bridgehead atoms. The number of amides is 1. The van der Waals surface area contributed by atoms with Crippen LogP contribution < -0.4 is 18.9 Å². The van der Waals surface area contributed by atoms with Crippen LogP contribution in [0.5, 0.6) is 23.0 Å². The molecule has 37 heavy (non-hydrogen) atoms. The first kappa shape index (κ1) is 26.3. The maximum absolute atomic E-state index is 13.4. The number of aliphatic hydroxyl groups excluding tert-OH is 1. The fraction of sp³-hybridized carbons (Fsp3) is 0.407. The van der Waals surface area contributed by atoms with Gasteiger partial charge in [-0.25, -0.2) is 0 Å². The van der Waals surface area contributed by atoms with Crippen LogP contribution in [0.15, 0.2) is 42.0 Å². The molecule has 10 nitrogen and oxygen atoms in total. The number of likely N-dealkylation sites (tertiary alicyclic amines) is 1. The molecule has 2 heterocycles. The second-order valence-corrected chi connectivity index (χ2v) is 8.63. The number of hydrogen-bond donors (Lipinski definition) is 1. The highest BCUT2D eigenvalue weighted by molar-refractivity contribution is 6.46. The van der Waals surface area contributed by atoms with Gasteiger partial charge in [0.25, 0.3) is 11.7 Å². The van der Waals surface area contributed by atoms with E-state index >= 15 is 0 Å². The standard InChI is InChI=1S/C27H32N2O8/c1-33-19-7-5-17(15-21(19)35-3)24-23(25(30)18-6-8-20(34-2)22(16-18)36-4)26(31)27(32)29(24)10-9-28-11-13-37-14-12-28/h5-8,15-16,24,30H,9-14H2,1-4H3/b25-23+/t24-/m1/s1. The molecule has 1 N–H and O–H groups in total. The Morgan fingerprint density at radius 1 is 0.865 bits per heavy atom. The van der Waals surface area contributed by atoms with Crippen LogP contribution >= 0.6 is 0 Å². The minimum absolute atomic E-state index is 0.00795. The Hall–Kier alpha value is -3.76. The summed E-state index contributed by atoms with van der Waals surface area (Å²) in [4.78, 5) is 30.4. The third kappa shape index (κ3) is 5.21. The van der Waals surface area contributed by atoms with Gasteiger partial charge in [-0.15, -0.1) is 0 Å². The first-order chi connectivity index (χ1) is 17.9. The average Bonchev–Trinajstić information content (AvgIpc) is 3.20. The van der Waals surface area contributed by atoms with Gasteiger partial charge < -0.3 is 33.7 Å². The maximum Gasteiger partial charge on any atom is 0.295 e. The van der Waals surface area contributed by atoms with Gasteiger partial charge in [0.15, 0.2) is 23.0 Å². The zero-order valence-electron chi connectivity index (χ0n) is 21.5. The molecule has 10 heteroatoms. The lowest BCUT2D eigenvalue weighted by Crippen LogP contribution is -2.42. The Bertz CT molecular complexity index is 1190. The van der Waals surface area contributed by atoms with Crippen LogP contribution in [-0.4, -0.2) is 94.4 Å². The van der Waals surface area contributed by atoms with Gasteiger partial charge in [0.1, 0.15) is 5.76 Å². The first-order valence-electron chi connectivity index (χ1n) is 12.0. The van der Waals surface area contributed by atoms with E-state index in [0.717, 1.165) is 13.1 Å². The van der Waals surface area contributed by atoms with Crippen molar-refractivity contribution in [1.82, 2.24) is 9.80 Å². The van der Waals surface area contributed by atoms with Gasteiger partial charge in [-0.3, -0.25) is 14.5 Å². The number of rotatable bonds is 9.